The summed E-state index contributed by atoms with van der Waals surface area (Å²) in [7, 11) is 1.75. The molecule has 18 heavy (non-hydrogen) atoms. The Morgan fingerprint density at radius 2 is 2.11 bits per heavy atom. The number of hydrogen-bond donors (Lipinski definition) is 1. The Kier molecular flexibility index (Phi) is 3.21. The average Bonchev–Trinajstić information content (AvgIpc) is 2.67. The molecule has 96 valence electrons. The Morgan fingerprint density at radius 1 is 1.44 bits per heavy atom. The number of thiophene rings is 1. The lowest BCUT2D eigenvalue weighted by Gasteiger charge is -2.23. The van der Waals surface area contributed by atoms with Crippen LogP contribution in [0.4, 0.5) is 5.82 Å². The third kappa shape index (κ3) is 2.03. The maximum atomic E-state index is 11.1. The van der Waals surface area contributed by atoms with Crippen molar-refractivity contribution >= 4 is 33.3 Å². The van der Waals surface area contributed by atoms with Crippen LogP contribution in [0.2, 0.25) is 0 Å². The molecule has 0 spiro atoms. The SMILES string of the molecule is Cc1nc(N(C)C(C)C(=O)O)c2c(C)csc2n1. The van der Waals surface area contributed by atoms with Crippen LogP contribution in [-0.2, 0) is 4.79 Å². The van der Waals surface area contributed by atoms with E-state index >= 15 is 0 Å². The van der Waals surface area contributed by atoms with Crippen molar-refractivity contribution < 1.29 is 9.90 Å². The highest BCUT2D eigenvalue weighted by Gasteiger charge is 2.22. The van der Waals surface area contributed by atoms with Gasteiger partial charge in [-0.05, 0) is 31.7 Å². The standard InChI is InChI=1S/C12H15N3O2S/c1-6-5-18-11-9(6)10(13-8(3)14-11)15(4)7(2)12(16)17/h5,7H,1-4H3,(H,16,17). The van der Waals surface area contributed by atoms with Crippen molar-refractivity contribution in [2.45, 2.75) is 26.8 Å². The molecule has 0 bridgehead atoms. The first-order chi connectivity index (χ1) is 8.41. The first kappa shape index (κ1) is 12.8. The molecular formula is C12H15N3O2S. The molecule has 2 rings (SSSR count). The molecule has 0 saturated carbocycles. The van der Waals surface area contributed by atoms with Crippen molar-refractivity contribution in [3.05, 3.63) is 16.8 Å². The van der Waals surface area contributed by atoms with E-state index in [1.807, 2.05) is 19.2 Å². The van der Waals surface area contributed by atoms with E-state index < -0.39 is 12.0 Å². The number of fused-ring (bicyclic) bond motifs is 1. The molecule has 6 heteroatoms. The van der Waals surface area contributed by atoms with Crippen LogP contribution in [-0.4, -0.2) is 34.1 Å². The molecule has 0 aromatic carbocycles. The molecule has 1 N–H and O–H groups in total. The molecule has 0 fully saturated rings. The van der Waals surface area contributed by atoms with Crippen LogP contribution in [0.25, 0.3) is 10.2 Å². The van der Waals surface area contributed by atoms with E-state index in [2.05, 4.69) is 9.97 Å². The lowest BCUT2D eigenvalue weighted by atomic mass is 10.2. The average molecular weight is 265 g/mol. The molecule has 2 heterocycles. The molecule has 1 atom stereocenters. The van der Waals surface area contributed by atoms with E-state index in [1.54, 1.807) is 30.2 Å². The predicted octanol–water partition coefficient (Wildman–Crippen LogP) is 2.22. The number of carboxylic acids is 1. The highest BCUT2D eigenvalue weighted by molar-refractivity contribution is 7.17. The Labute approximate surface area is 109 Å². The Morgan fingerprint density at radius 3 is 2.72 bits per heavy atom. The third-order valence-corrected chi connectivity index (χ3v) is 3.97. The zero-order valence-corrected chi connectivity index (χ0v) is 11.6. The second-order valence-electron chi connectivity index (χ2n) is 4.32. The van der Waals surface area contributed by atoms with Gasteiger partial charge in [0, 0.05) is 7.05 Å². The van der Waals surface area contributed by atoms with E-state index in [1.165, 1.54) is 0 Å². The second-order valence-corrected chi connectivity index (χ2v) is 5.18. The van der Waals surface area contributed by atoms with Crippen LogP contribution in [0.1, 0.15) is 18.3 Å². The van der Waals surface area contributed by atoms with Crippen LogP contribution >= 0.6 is 11.3 Å². The topological polar surface area (TPSA) is 66.3 Å². The largest absolute Gasteiger partial charge is 0.480 e. The van der Waals surface area contributed by atoms with Crippen LogP contribution in [0.15, 0.2) is 5.38 Å². The number of likely N-dealkylation sites (N-methyl/N-ethyl adjacent to an activating group) is 1. The summed E-state index contributed by atoms with van der Waals surface area (Å²) in [5.41, 5.74) is 1.08. The summed E-state index contributed by atoms with van der Waals surface area (Å²) < 4.78 is 0. The van der Waals surface area contributed by atoms with Gasteiger partial charge in [-0.25, -0.2) is 14.8 Å². The highest BCUT2D eigenvalue weighted by atomic mass is 32.1. The normalized spacial score (nSPS) is 12.7. The number of carbonyl (C=O) groups is 1. The minimum atomic E-state index is -0.866. The fourth-order valence-electron chi connectivity index (χ4n) is 1.77. The lowest BCUT2D eigenvalue weighted by molar-refractivity contribution is -0.138. The first-order valence-corrected chi connectivity index (χ1v) is 6.48. The van der Waals surface area contributed by atoms with Crippen LogP contribution in [0, 0.1) is 13.8 Å². The molecule has 2 aromatic rings. The smallest absolute Gasteiger partial charge is 0.326 e. The molecule has 0 aliphatic heterocycles. The van der Waals surface area contributed by atoms with Crippen LogP contribution < -0.4 is 4.90 Å². The van der Waals surface area contributed by atoms with E-state index in [9.17, 15) is 4.79 Å². The molecule has 0 aliphatic carbocycles. The van der Waals surface area contributed by atoms with Gasteiger partial charge >= 0.3 is 5.97 Å². The molecule has 0 aliphatic rings. The Balaban J connectivity index is 2.62. The summed E-state index contributed by atoms with van der Waals surface area (Å²) >= 11 is 1.55. The van der Waals surface area contributed by atoms with E-state index in [4.69, 9.17) is 5.11 Å². The van der Waals surface area contributed by atoms with Crippen molar-refractivity contribution in [1.29, 1.82) is 0 Å². The molecule has 5 nitrogen and oxygen atoms in total. The van der Waals surface area contributed by atoms with Gasteiger partial charge in [0.1, 0.15) is 22.5 Å². The number of nitrogens with zero attached hydrogens (tertiary/aromatic N) is 3. The Bertz CT molecular complexity index is 609. The van der Waals surface area contributed by atoms with E-state index in [-0.39, 0.29) is 0 Å². The predicted molar refractivity (Wildman–Crippen MR) is 72.4 cm³/mol. The number of anilines is 1. The van der Waals surface area contributed by atoms with E-state index in [0.29, 0.717) is 11.6 Å². The van der Waals surface area contributed by atoms with Gasteiger partial charge in [0.25, 0.3) is 0 Å². The maximum absolute atomic E-state index is 11.1. The van der Waals surface area contributed by atoms with Crippen molar-refractivity contribution in [2.24, 2.45) is 0 Å². The number of carboxylic acid groups (broad SMARTS) is 1. The number of aromatic nitrogens is 2. The fraction of sp³-hybridized carbons (Fsp3) is 0.417. The molecule has 0 saturated heterocycles. The van der Waals surface area contributed by atoms with Gasteiger partial charge in [0.15, 0.2) is 0 Å². The van der Waals surface area contributed by atoms with E-state index in [0.717, 1.165) is 15.8 Å². The summed E-state index contributed by atoms with van der Waals surface area (Å²) in [5, 5.41) is 12.1. The summed E-state index contributed by atoms with van der Waals surface area (Å²) in [6.45, 7) is 5.45. The molecule has 2 aromatic heterocycles. The quantitative estimate of drug-likeness (QED) is 0.921. The van der Waals surface area contributed by atoms with Crippen molar-refractivity contribution in [3.63, 3.8) is 0 Å². The molecule has 1 unspecified atom stereocenters. The lowest BCUT2D eigenvalue weighted by Crippen LogP contribution is -2.36. The van der Waals surface area contributed by atoms with Gasteiger partial charge in [-0.2, -0.15) is 0 Å². The zero-order chi connectivity index (χ0) is 13.4. The van der Waals surface area contributed by atoms with Gasteiger partial charge in [0.05, 0.1) is 5.39 Å². The fourth-order valence-corrected chi connectivity index (χ4v) is 2.73. The Hall–Kier alpha value is -1.69. The zero-order valence-electron chi connectivity index (χ0n) is 10.8. The van der Waals surface area contributed by atoms with Crippen molar-refractivity contribution in [1.82, 2.24) is 9.97 Å². The third-order valence-electron chi connectivity index (χ3n) is 2.98. The van der Waals surface area contributed by atoms with Gasteiger partial charge in [-0.15, -0.1) is 11.3 Å². The van der Waals surface area contributed by atoms with Crippen LogP contribution in [0.3, 0.4) is 0 Å². The second kappa shape index (κ2) is 4.53. The first-order valence-electron chi connectivity index (χ1n) is 5.60. The van der Waals surface area contributed by atoms with Gasteiger partial charge in [-0.1, -0.05) is 0 Å². The number of hydrogen-bond acceptors (Lipinski definition) is 5. The summed E-state index contributed by atoms with van der Waals surface area (Å²) in [6.07, 6.45) is 0. The summed E-state index contributed by atoms with van der Waals surface area (Å²) in [4.78, 5) is 22.4. The minimum Gasteiger partial charge on any atom is -0.480 e. The van der Waals surface area contributed by atoms with Gasteiger partial charge in [0.2, 0.25) is 0 Å². The number of rotatable bonds is 3. The minimum absolute atomic E-state index is 0.623. The monoisotopic (exact) mass is 265 g/mol. The summed E-state index contributed by atoms with van der Waals surface area (Å²) in [6, 6.07) is -0.623. The number of aryl methyl sites for hydroxylation is 2. The van der Waals surface area contributed by atoms with Crippen LogP contribution in [0.5, 0.6) is 0 Å². The molecule has 0 amide bonds. The maximum Gasteiger partial charge on any atom is 0.326 e. The van der Waals surface area contributed by atoms with Gasteiger partial charge < -0.3 is 10.0 Å². The number of aliphatic carboxylic acids is 1. The molecule has 0 radical (unpaired) electrons. The van der Waals surface area contributed by atoms with Crippen molar-refractivity contribution in [3.8, 4) is 0 Å². The summed E-state index contributed by atoms with van der Waals surface area (Å²) in [5.74, 6) is 0.477. The van der Waals surface area contributed by atoms with Gasteiger partial charge in [-0.3, -0.25) is 0 Å². The molecular weight excluding hydrogens is 250 g/mol. The highest BCUT2D eigenvalue weighted by Crippen LogP contribution is 2.31. The van der Waals surface area contributed by atoms with Crippen molar-refractivity contribution in [2.75, 3.05) is 11.9 Å².